The topological polar surface area (TPSA) is 59.4 Å². The third kappa shape index (κ3) is 4.26. The van der Waals surface area contributed by atoms with Crippen molar-refractivity contribution in [2.45, 2.75) is 18.1 Å². The predicted octanol–water partition coefficient (Wildman–Crippen LogP) is 3.11. The molecule has 0 spiro atoms. The fourth-order valence-corrected chi connectivity index (χ4v) is 2.30. The molecule has 18 heavy (non-hydrogen) atoms. The molecular weight excluding hydrogens is 434 g/mol. The van der Waals surface area contributed by atoms with Crippen LogP contribution in [0.1, 0.15) is 11.3 Å². The molecule has 0 aromatic carbocycles. The average molecular weight is 440 g/mol. The van der Waals surface area contributed by atoms with E-state index in [0.717, 1.165) is 0 Å². The minimum absolute atomic E-state index is 0.0610. The highest BCUT2D eigenvalue weighted by Crippen LogP contribution is 2.33. The zero-order chi connectivity index (χ0) is 13.9. The number of hydrogen-bond acceptors (Lipinski definition) is 3. The number of rotatable bonds is 4. The van der Waals surface area contributed by atoms with Gasteiger partial charge < -0.3 is 9.84 Å². The van der Waals surface area contributed by atoms with Crippen LogP contribution < -0.4 is 4.74 Å². The van der Waals surface area contributed by atoms with E-state index < -0.39 is 24.5 Å². The molecule has 1 aromatic rings. The summed E-state index contributed by atoms with van der Waals surface area (Å²) in [5.41, 5.74) is 0.234. The minimum Gasteiger partial charge on any atom is -0.481 e. The van der Waals surface area contributed by atoms with Gasteiger partial charge in [-0.3, -0.25) is 9.78 Å². The number of pyridine rings is 1. The van der Waals surface area contributed by atoms with Crippen LogP contribution in [0, 0.1) is 3.57 Å². The first-order valence-electron chi connectivity index (χ1n) is 4.44. The smallest absolute Gasteiger partial charge is 0.481 e. The average Bonchev–Trinajstić information content (AvgIpc) is 2.22. The highest BCUT2D eigenvalue weighted by molar-refractivity contribution is 14.1. The van der Waals surface area contributed by atoms with Crippen LogP contribution in [0.25, 0.3) is 0 Å². The molecule has 0 radical (unpaired) electrons. The van der Waals surface area contributed by atoms with E-state index in [4.69, 9.17) is 5.11 Å². The molecule has 1 aromatic heterocycles. The summed E-state index contributed by atoms with van der Waals surface area (Å²) in [6, 6.07) is 0. The second-order valence-electron chi connectivity index (χ2n) is 3.13. The fourth-order valence-electron chi connectivity index (χ4n) is 1.14. The molecule has 0 bridgehead atoms. The normalized spacial score (nSPS) is 11.4. The molecule has 1 rings (SSSR count). The lowest BCUT2D eigenvalue weighted by Crippen LogP contribution is -2.20. The molecule has 0 saturated heterocycles. The summed E-state index contributed by atoms with van der Waals surface area (Å²) in [6.45, 7) is 0. The van der Waals surface area contributed by atoms with Crippen LogP contribution in [0.4, 0.5) is 13.2 Å². The summed E-state index contributed by atoms with van der Waals surface area (Å²) in [7, 11) is 0. The molecule has 4 nitrogen and oxygen atoms in total. The Morgan fingerprint density at radius 2 is 2.17 bits per heavy atom. The van der Waals surface area contributed by atoms with Gasteiger partial charge in [0.2, 0.25) is 0 Å². The molecule has 0 aliphatic rings. The lowest BCUT2D eigenvalue weighted by molar-refractivity contribution is -0.275. The first-order chi connectivity index (χ1) is 8.24. The first-order valence-corrected chi connectivity index (χ1v) is 6.64. The summed E-state index contributed by atoms with van der Waals surface area (Å²) in [5.74, 6) is -1.61. The molecule has 0 unspecified atom stereocenters. The third-order valence-electron chi connectivity index (χ3n) is 1.81. The maximum atomic E-state index is 12.2. The molecule has 9 heteroatoms. The van der Waals surface area contributed by atoms with Crippen molar-refractivity contribution in [1.82, 2.24) is 4.98 Å². The second kappa shape index (κ2) is 6.04. The van der Waals surface area contributed by atoms with Gasteiger partial charge in [0.15, 0.2) is 5.75 Å². The number of carboxylic acids is 1. The van der Waals surface area contributed by atoms with Gasteiger partial charge in [-0.15, -0.1) is 13.2 Å². The van der Waals surface area contributed by atoms with Gasteiger partial charge in [0, 0.05) is 11.5 Å². The molecule has 100 valence electrons. The summed E-state index contributed by atoms with van der Waals surface area (Å²) in [4.78, 5) is 14.3. The summed E-state index contributed by atoms with van der Waals surface area (Å²) in [6.07, 6.45) is -4.03. The van der Waals surface area contributed by atoms with Crippen LogP contribution in [0.5, 0.6) is 5.75 Å². The van der Waals surface area contributed by atoms with Crippen LogP contribution in [-0.2, 0) is 16.5 Å². The van der Waals surface area contributed by atoms with Crippen molar-refractivity contribution in [3.63, 3.8) is 0 Å². The van der Waals surface area contributed by atoms with Crippen molar-refractivity contribution < 1.29 is 27.8 Å². The number of hydrogen-bond donors (Lipinski definition) is 1. The number of nitrogens with zero attached hydrogens (tertiary/aromatic N) is 1. The fraction of sp³-hybridized carbons (Fsp3) is 0.333. The zero-order valence-electron chi connectivity index (χ0n) is 8.59. The van der Waals surface area contributed by atoms with E-state index in [9.17, 15) is 18.0 Å². The highest BCUT2D eigenvalue weighted by atomic mass is 127. The Kier molecular flexibility index (Phi) is 5.20. The number of carboxylic acid groups (broad SMARTS) is 1. The van der Waals surface area contributed by atoms with E-state index in [1.807, 2.05) is 0 Å². The Hall–Kier alpha value is -0.580. The van der Waals surface area contributed by atoms with E-state index in [1.54, 1.807) is 22.6 Å². The molecule has 1 heterocycles. The van der Waals surface area contributed by atoms with E-state index in [1.165, 1.54) is 6.20 Å². The van der Waals surface area contributed by atoms with Gasteiger partial charge in [0.25, 0.3) is 0 Å². The first kappa shape index (κ1) is 15.5. The van der Waals surface area contributed by atoms with Crippen molar-refractivity contribution in [1.29, 1.82) is 0 Å². The van der Waals surface area contributed by atoms with E-state index in [2.05, 4.69) is 25.7 Å². The Labute approximate surface area is 122 Å². The van der Waals surface area contributed by atoms with Crippen LogP contribution in [0.15, 0.2) is 6.20 Å². The number of carbonyl (C=O) groups is 1. The van der Waals surface area contributed by atoms with E-state index >= 15 is 0 Å². The van der Waals surface area contributed by atoms with Crippen LogP contribution in [0.2, 0.25) is 0 Å². The van der Waals surface area contributed by atoms with Gasteiger partial charge in [-0.05, 0) is 28.2 Å². The quantitative estimate of drug-likeness (QED) is 0.578. The van der Waals surface area contributed by atoms with Crippen molar-refractivity contribution in [2.75, 3.05) is 0 Å². The number of halogens is 5. The SMILES string of the molecule is O=C(O)Cc1cnc(CBr)c(OC(F)(F)F)c1I. The maximum Gasteiger partial charge on any atom is 0.573 e. The van der Waals surface area contributed by atoms with Crippen LogP contribution in [0.3, 0.4) is 0 Å². The Morgan fingerprint density at radius 1 is 1.56 bits per heavy atom. The Balaban J connectivity index is 3.22. The zero-order valence-corrected chi connectivity index (χ0v) is 12.3. The largest absolute Gasteiger partial charge is 0.573 e. The molecule has 0 aliphatic heterocycles. The number of alkyl halides is 4. The van der Waals surface area contributed by atoms with Gasteiger partial charge in [-0.2, -0.15) is 0 Å². The van der Waals surface area contributed by atoms with Gasteiger partial charge in [0.05, 0.1) is 15.7 Å². The molecule has 1 N–H and O–H groups in total. The third-order valence-corrected chi connectivity index (χ3v) is 3.52. The van der Waals surface area contributed by atoms with Gasteiger partial charge in [0.1, 0.15) is 0 Å². The molecule has 0 atom stereocenters. The molecule has 0 saturated carbocycles. The van der Waals surface area contributed by atoms with E-state index in [0.29, 0.717) is 0 Å². The summed E-state index contributed by atoms with van der Waals surface area (Å²) in [5, 5.41) is 8.71. The lowest BCUT2D eigenvalue weighted by Gasteiger charge is -2.15. The Morgan fingerprint density at radius 3 is 2.61 bits per heavy atom. The minimum atomic E-state index is -4.85. The van der Waals surface area contributed by atoms with Crippen molar-refractivity contribution >= 4 is 44.5 Å². The standard InChI is InChI=1S/C9H6BrF3INO3/c10-2-5-8(18-9(11,12)13)7(14)4(3-15-5)1-6(16)17/h3H,1-2H2,(H,16,17). The van der Waals surface area contributed by atoms with Crippen LogP contribution >= 0.6 is 38.5 Å². The van der Waals surface area contributed by atoms with Gasteiger partial charge in [-0.25, -0.2) is 0 Å². The predicted molar refractivity (Wildman–Crippen MR) is 67.6 cm³/mol. The summed E-state index contributed by atoms with van der Waals surface area (Å²) >= 11 is 4.61. The maximum absolute atomic E-state index is 12.2. The second-order valence-corrected chi connectivity index (χ2v) is 4.76. The molecule has 0 fully saturated rings. The highest BCUT2D eigenvalue weighted by Gasteiger charge is 2.34. The monoisotopic (exact) mass is 439 g/mol. The van der Waals surface area contributed by atoms with Crippen molar-refractivity contribution in [3.8, 4) is 5.75 Å². The van der Waals surface area contributed by atoms with Crippen molar-refractivity contribution in [2.24, 2.45) is 0 Å². The van der Waals surface area contributed by atoms with Crippen molar-refractivity contribution in [3.05, 3.63) is 21.0 Å². The van der Waals surface area contributed by atoms with E-state index in [-0.39, 0.29) is 20.2 Å². The molecular formula is C9H6BrF3INO3. The van der Waals surface area contributed by atoms with Gasteiger partial charge in [-0.1, -0.05) is 15.9 Å². The Bertz CT molecular complexity index is 467. The number of aliphatic carboxylic acids is 1. The van der Waals surface area contributed by atoms with Gasteiger partial charge >= 0.3 is 12.3 Å². The molecule has 0 aliphatic carbocycles. The van der Waals surface area contributed by atoms with Crippen LogP contribution in [-0.4, -0.2) is 22.4 Å². The number of aromatic nitrogens is 1. The number of ether oxygens (including phenoxy) is 1. The lowest BCUT2D eigenvalue weighted by atomic mass is 10.2. The molecule has 0 amide bonds. The summed E-state index contributed by atoms with van der Waals surface area (Å²) < 4.78 is 40.7.